The number of anilines is 1. The number of nitrogens with zero attached hydrogens (tertiary/aromatic N) is 1. The number of aromatic nitrogens is 1. The number of thiol groups is 1. The maximum atomic E-state index is 10.3. The molecule has 5 rings (SSSR count). The van der Waals surface area contributed by atoms with Gasteiger partial charge in [-0.15, -0.1) is 24.0 Å². The molecule has 5 aromatic rings. The molecule has 3 nitrogen and oxygen atoms in total. The zero-order chi connectivity index (χ0) is 25.4. The maximum absolute atomic E-state index is 10.3. The van der Waals surface area contributed by atoms with Crippen molar-refractivity contribution in [1.82, 2.24) is 4.98 Å². The fourth-order valence-corrected chi connectivity index (χ4v) is 6.54. The molecule has 1 heterocycles. The van der Waals surface area contributed by atoms with Gasteiger partial charge in [-0.05, 0) is 60.7 Å². The van der Waals surface area contributed by atoms with E-state index in [-0.39, 0.29) is 7.43 Å². The molecule has 0 aliphatic rings. The molecule has 0 fully saturated rings. The molecule has 0 atom stereocenters. The SMILES string of the molecule is Brc1cc(Br)cc(-c2nc3ccccc3s2)c1.C.Nc1ccccc1S.O=Cc1cc(Br)cc(Br)c1. The molecule has 0 saturated heterocycles. The number of carbonyl (C=O) groups is 1. The smallest absolute Gasteiger partial charge is 0.150 e. The van der Waals surface area contributed by atoms with E-state index in [9.17, 15) is 4.79 Å². The van der Waals surface area contributed by atoms with Crippen molar-refractivity contribution in [1.29, 1.82) is 0 Å². The van der Waals surface area contributed by atoms with Gasteiger partial charge in [-0.25, -0.2) is 4.98 Å². The first-order chi connectivity index (χ1) is 16.7. The minimum atomic E-state index is 0. The molecular weight excluding hydrogens is 752 g/mol. The van der Waals surface area contributed by atoms with Crippen molar-refractivity contribution in [2.45, 2.75) is 12.3 Å². The highest BCUT2D eigenvalue weighted by atomic mass is 79.9. The summed E-state index contributed by atoms with van der Waals surface area (Å²) in [6, 6.07) is 27.3. The van der Waals surface area contributed by atoms with Gasteiger partial charge in [-0.3, -0.25) is 4.79 Å². The van der Waals surface area contributed by atoms with E-state index in [0.717, 1.165) is 50.8 Å². The average Bonchev–Trinajstić information content (AvgIpc) is 3.25. The van der Waals surface area contributed by atoms with Gasteiger partial charge >= 0.3 is 0 Å². The Morgan fingerprint density at radius 1 is 0.778 bits per heavy atom. The Kier molecular flexibility index (Phi) is 12.8. The van der Waals surface area contributed by atoms with Gasteiger partial charge in [0.2, 0.25) is 0 Å². The second-order valence-corrected chi connectivity index (χ2v) is 12.2. The minimum Gasteiger partial charge on any atom is -0.398 e. The van der Waals surface area contributed by atoms with Crippen molar-refractivity contribution < 1.29 is 4.79 Å². The van der Waals surface area contributed by atoms with E-state index in [1.807, 2.05) is 54.6 Å². The van der Waals surface area contributed by atoms with Crippen LogP contribution in [0.1, 0.15) is 17.8 Å². The minimum absolute atomic E-state index is 0. The van der Waals surface area contributed by atoms with Crippen molar-refractivity contribution in [3.05, 3.63) is 108 Å². The largest absolute Gasteiger partial charge is 0.398 e. The van der Waals surface area contributed by atoms with E-state index in [1.165, 1.54) is 4.70 Å². The summed E-state index contributed by atoms with van der Waals surface area (Å²) in [5, 5.41) is 1.05. The van der Waals surface area contributed by atoms with Crippen molar-refractivity contribution in [3.63, 3.8) is 0 Å². The zero-order valence-electron chi connectivity index (χ0n) is 18.0. The summed E-state index contributed by atoms with van der Waals surface area (Å²) in [5.41, 5.74) is 9.03. The van der Waals surface area contributed by atoms with Crippen LogP contribution in [0.2, 0.25) is 0 Å². The number of benzene rings is 4. The molecule has 0 amide bonds. The molecule has 186 valence electrons. The van der Waals surface area contributed by atoms with Crippen molar-refractivity contribution >= 4 is 110 Å². The van der Waals surface area contributed by atoms with Crippen LogP contribution in [0.3, 0.4) is 0 Å². The van der Waals surface area contributed by atoms with Crippen LogP contribution in [0.15, 0.2) is 108 Å². The molecule has 9 heteroatoms. The molecule has 36 heavy (non-hydrogen) atoms. The lowest BCUT2D eigenvalue weighted by atomic mass is 10.2. The predicted molar refractivity (Wildman–Crippen MR) is 173 cm³/mol. The Bertz CT molecular complexity index is 1360. The van der Waals surface area contributed by atoms with Gasteiger partial charge in [-0.1, -0.05) is 95.4 Å². The third kappa shape index (κ3) is 9.43. The van der Waals surface area contributed by atoms with Crippen LogP contribution in [-0.4, -0.2) is 11.3 Å². The van der Waals surface area contributed by atoms with E-state index in [2.05, 4.69) is 99.5 Å². The van der Waals surface area contributed by atoms with Crippen LogP contribution in [0.4, 0.5) is 5.69 Å². The predicted octanol–water partition coefficient (Wildman–Crippen LogP) is 10.7. The first kappa shape index (κ1) is 30.7. The second kappa shape index (κ2) is 15.1. The monoisotopic (exact) mass is 770 g/mol. The number of nitrogens with two attached hydrogens (primary N) is 1. The van der Waals surface area contributed by atoms with Crippen molar-refractivity contribution in [3.8, 4) is 10.6 Å². The van der Waals surface area contributed by atoms with Crippen LogP contribution < -0.4 is 5.73 Å². The molecular formula is C27H22Br4N2OS2. The number of rotatable bonds is 2. The molecule has 0 aliphatic carbocycles. The van der Waals surface area contributed by atoms with Gasteiger partial charge < -0.3 is 5.73 Å². The Hall–Kier alpha value is -1.49. The molecule has 0 saturated carbocycles. The second-order valence-electron chi connectivity index (χ2n) is 7.02. The third-order valence-corrected chi connectivity index (χ3v) is 7.69. The van der Waals surface area contributed by atoms with Gasteiger partial charge in [0, 0.05) is 39.6 Å². The number of fused-ring (bicyclic) bond motifs is 1. The lowest BCUT2D eigenvalue weighted by molar-refractivity contribution is 0.112. The molecule has 0 spiro atoms. The Balaban J connectivity index is 0.000000206. The van der Waals surface area contributed by atoms with Crippen LogP contribution in [-0.2, 0) is 0 Å². The maximum Gasteiger partial charge on any atom is 0.150 e. The van der Waals surface area contributed by atoms with Crippen molar-refractivity contribution in [2.24, 2.45) is 0 Å². The summed E-state index contributed by atoms with van der Waals surface area (Å²) in [5.74, 6) is 0. The Morgan fingerprint density at radius 2 is 1.31 bits per heavy atom. The Labute approximate surface area is 254 Å². The molecule has 1 aromatic heterocycles. The topological polar surface area (TPSA) is 56.0 Å². The standard InChI is InChI=1S/C13H7Br2NS.C7H4Br2O.C6H7NS.CH4/c14-9-5-8(6-10(15)7-9)13-16-11-3-1-2-4-12(11)17-13;8-6-1-5(4-10)2-7(9)3-6;7-5-3-1-2-4-6(5)8;/h1-7H;1-4H;1-4,8H,7H2;1H4. The van der Waals surface area contributed by atoms with E-state index in [4.69, 9.17) is 5.73 Å². The van der Waals surface area contributed by atoms with E-state index >= 15 is 0 Å². The number of halogens is 4. The summed E-state index contributed by atoms with van der Waals surface area (Å²) in [4.78, 5) is 15.8. The normalized spacial score (nSPS) is 9.81. The van der Waals surface area contributed by atoms with E-state index in [1.54, 1.807) is 23.5 Å². The number of nitrogen functional groups attached to an aromatic ring is 1. The lowest BCUT2D eigenvalue weighted by Crippen LogP contribution is -1.83. The molecule has 0 bridgehead atoms. The average molecular weight is 774 g/mol. The van der Waals surface area contributed by atoms with Gasteiger partial charge in [0.15, 0.2) is 0 Å². The van der Waals surface area contributed by atoms with Crippen LogP contribution in [0.25, 0.3) is 20.8 Å². The summed E-state index contributed by atoms with van der Waals surface area (Å²) < 4.78 is 5.15. The summed E-state index contributed by atoms with van der Waals surface area (Å²) in [6.07, 6.45) is 0.815. The van der Waals surface area contributed by atoms with Gasteiger partial charge in [0.25, 0.3) is 0 Å². The number of carbonyl (C=O) groups excluding carboxylic acids is 1. The van der Waals surface area contributed by atoms with E-state index < -0.39 is 0 Å². The van der Waals surface area contributed by atoms with Crippen LogP contribution >= 0.6 is 87.7 Å². The number of para-hydroxylation sites is 2. The molecule has 0 aliphatic heterocycles. The van der Waals surface area contributed by atoms with Crippen LogP contribution in [0.5, 0.6) is 0 Å². The highest BCUT2D eigenvalue weighted by molar-refractivity contribution is 9.11. The quantitative estimate of drug-likeness (QED) is 0.107. The van der Waals surface area contributed by atoms with Crippen molar-refractivity contribution in [2.75, 3.05) is 5.73 Å². The highest BCUT2D eigenvalue weighted by Gasteiger charge is 2.07. The molecule has 4 aromatic carbocycles. The lowest BCUT2D eigenvalue weighted by Gasteiger charge is -1.98. The van der Waals surface area contributed by atoms with Gasteiger partial charge in [-0.2, -0.15) is 0 Å². The van der Waals surface area contributed by atoms with E-state index in [0.29, 0.717) is 5.56 Å². The number of aldehydes is 1. The molecule has 0 radical (unpaired) electrons. The summed E-state index contributed by atoms with van der Waals surface area (Å²) >= 11 is 19.3. The first-order valence-electron chi connectivity index (χ1n) is 10.0. The van der Waals surface area contributed by atoms with Gasteiger partial charge in [0.1, 0.15) is 11.3 Å². The number of hydrogen-bond acceptors (Lipinski definition) is 5. The summed E-state index contributed by atoms with van der Waals surface area (Å²) in [7, 11) is 0. The van der Waals surface area contributed by atoms with Crippen LogP contribution in [0, 0.1) is 0 Å². The third-order valence-electron chi connectivity index (χ3n) is 4.36. The molecule has 2 N–H and O–H groups in total. The van der Waals surface area contributed by atoms with Gasteiger partial charge in [0.05, 0.1) is 10.2 Å². The number of thiazole rings is 1. The molecule has 0 unspecified atom stereocenters. The first-order valence-corrected chi connectivity index (χ1v) is 14.5. The fraction of sp³-hybridized carbons (Fsp3) is 0.0370. The highest BCUT2D eigenvalue weighted by Crippen LogP contribution is 2.33. The summed E-state index contributed by atoms with van der Waals surface area (Å²) in [6.45, 7) is 0. The Morgan fingerprint density at radius 3 is 1.81 bits per heavy atom. The fourth-order valence-electron chi connectivity index (χ4n) is 2.80. The zero-order valence-corrected chi connectivity index (χ0v) is 26.0. The number of hydrogen-bond donors (Lipinski definition) is 2.